The van der Waals surface area contributed by atoms with Crippen LogP contribution in [0.1, 0.15) is 44.1 Å². The Labute approximate surface area is 193 Å². The normalized spacial score (nSPS) is 15.8. The highest BCUT2D eigenvalue weighted by Gasteiger charge is 2.29. The summed E-state index contributed by atoms with van der Waals surface area (Å²) in [6, 6.07) is 14.2. The molecule has 1 saturated heterocycles. The lowest BCUT2D eigenvalue weighted by Crippen LogP contribution is -2.35. The third kappa shape index (κ3) is 7.86. The lowest BCUT2D eigenvalue weighted by Gasteiger charge is -2.24. The summed E-state index contributed by atoms with van der Waals surface area (Å²) in [5, 5.41) is 8.69. The molecular formula is C25H30FNO4S. The van der Waals surface area contributed by atoms with Crippen LogP contribution in [0.2, 0.25) is 0 Å². The minimum Gasteiger partial charge on any atom is -0.481 e. The molecule has 2 aromatic rings. The average Bonchev–Trinajstić information content (AvgIpc) is 3.10. The van der Waals surface area contributed by atoms with Crippen molar-refractivity contribution in [2.75, 3.05) is 18.1 Å². The molecule has 1 fully saturated rings. The number of carbonyl (C=O) groups excluding carboxylic acids is 1. The number of halogens is 1. The van der Waals surface area contributed by atoms with Crippen LogP contribution in [0.5, 0.6) is 11.5 Å². The lowest BCUT2D eigenvalue weighted by atomic mass is 10.0. The number of aliphatic carboxylic acids is 1. The molecule has 0 bridgehead atoms. The number of thioether (sulfide) groups is 1. The number of carbonyl (C=O) groups is 2. The van der Waals surface area contributed by atoms with E-state index >= 15 is 0 Å². The van der Waals surface area contributed by atoms with E-state index < -0.39 is 5.97 Å². The Balaban J connectivity index is 1.41. The first-order valence-corrected chi connectivity index (χ1v) is 12.3. The molecule has 1 aliphatic heterocycles. The zero-order valence-electron chi connectivity index (χ0n) is 18.2. The first kappa shape index (κ1) is 24.1. The number of hydrogen-bond donors (Lipinski definition) is 1. The van der Waals surface area contributed by atoms with Gasteiger partial charge in [0.25, 0.3) is 0 Å². The molecule has 172 valence electrons. The molecular weight excluding hydrogens is 429 g/mol. The van der Waals surface area contributed by atoms with Crippen LogP contribution in [-0.2, 0) is 16.0 Å². The molecule has 1 N–H and O–H groups in total. The van der Waals surface area contributed by atoms with E-state index in [0.29, 0.717) is 24.3 Å². The van der Waals surface area contributed by atoms with E-state index in [1.807, 2.05) is 23.1 Å². The molecule has 0 aliphatic carbocycles. The van der Waals surface area contributed by atoms with Gasteiger partial charge in [-0.1, -0.05) is 18.2 Å². The number of hydrogen-bond acceptors (Lipinski definition) is 4. The Morgan fingerprint density at radius 2 is 1.91 bits per heavy atom. The molecule has 0 spiro atoms. The largest absolute Gasteiger partial charge is 0.481 e. The first-order chi connectivity index (χ1) is 15.5. The highest BCUT2D eigenvalue weighted by atomic mass is 32.2. The maximum Gasteiger partial charge on any atom is 0.303 e. The van der Waals surface area contributed by atoms with Crippen molar-refractivity contribution in [1.82, 2.24) is 4.90 Å². The van der Waals surface area contributed by atoms with Gasteiger partial charge in [0.15, 0.2) is 0 Å². The van der Waals surface area contributed by atoms with Crippen molar-refractivity contribution in [3.05, 3.63) is 59.9 Å². The zero-order chi connectivity index (χ0) is 22.8. The van der Waals surface area contributed by atoms with Gasteiger partial charge in [-0.05, 0) is 67.7 Å². The molecule has 0 saturated carbocycles. The minimum atomic E-state index is -0.758. The molecule has 1 amide bonds. The SMILES string of the molecule is O=C(O)CCCSCCN1C(=O)CCC1CCCc1cccc(Oc2cccc(F)c2)c1. The summed E-state index contributed by atoms with van der Waals surface area (Å²) in [6.07, 6.45) is 5.22. The Morgan fingerprint density at radius 1 is 1.12 bits per heavy atom. The second kappa shape index (κ2) is 12.5. The average molecular weight is 460 g/mol. The quantitative estimate of drug-likeness (QED) is 0.399. The van der Waals surface area contributed by atoms with E-state index in [0.717, 1.165) is 49.3 Å². The van der Waals surface area contributed by atoms with Crippen molar-refractivity contribution in [1.29, 1.82) is 0 Å². The van der Waals surface area contributed by atoms with Gasteiger partial charge in [0.05, 0.1) is 0 Å². The van der Waals surface area contributed by atoms with E-state index in [9.17, 15) is 14.0 Å². The minimum absolute atomic E-state index is 0.201. The van der Waals surface area contributed by atoms with Gasteiger partial charge in [0, 0.05) is 37.2 Å². The highest BCUT2D eigenvalue weighted by Crippen LogP contribution is 2.26. The van der Waals surface area contributed by atoms with Crippen molar-refractivity contribution >= 4 is 23.6 Å². The molecule has 5 nitrogen and oxygen atoms in total. The van der Waals surface area contributed by atoms with Gasteiger partial charge in [-0.3, -0.25) is 9.59 Å². The smallest absolute Gasteiger partial charge is 0.303 e. The van der Waals surface area contributed by atoms with Crippen molar-refractivity contribution < 1.29 is 23.8 Å². The summed E-state index contributed by atoms with van der Waals surface area (Å²) >= 11 is 1.72. The predicted octanol–water partition coefficient (Wildman–Crippen LogP) is 5.53. The number of nitrogens with zero attached hydrogens (tertiary/aromatic N) is 1. The summed E-state index contributed by atoms with van der Waals surface area (Å²) in [7, 11) is 0. The number of aryl methyl sites for hydroxylation is 1. The number of ether oxygens (including phenoxy) is 1. The fraction of sp³-hybridized carbons (Fsp3) is 0.440. The molecule has 3 rings (SSSR count). The van der Waals surface area contributed by atoms with Crippen molar-refractivity contribution in [2.45, 2.75) is 51.0 Å². The topological polar surface area (TPSA) is 66.8 Å². The number of likely N-dealkylation sites (tertiary alicyclic amines) is 1. The molecule has 0 radical (unpaired) electrons. The van der Waals surface area contributed by atoms with Crippen LogP contribution >= 0.6 is 11.8 Å². The molecule has 1 atom stereocenters. The zero-order valence-corrected chi connectivity index (χ0v) is 19.0. The standard InChI is InChI=1S/C25H30FNO4S/c26-20-7-3-10-23(18-20)31-22-9-2-6-19(17-22)5-1-8-21-12-13-24(28)27(21)14-16-32-15-4-11-25(29)30/h2-3,6-7,9-10,17-18,21H,1,4-5,8,11-16H2,(H,29,30). The summed E-state index contributed by atoms with van der Waals surface area (Å²) in [5.41, 5.74) is 1.16. The van der Waals surface area contributed by atoms with Gasteiger partial charge < -0.3 is 14.7 Å². The van der Waals surface area contributed by atoms with Crippen LogP contribution < -0.4 is 4.74 Å². The third-order valence-electron chi connectivity index (χ3n) is 5.54. The van der Waals surface area contributed by atoms with E-state index in [-0.39, 0.29) is 24.2 Å². The molecule has 0 aromatic heterocycles. The van der Waals surface area contributed by atoms with Crippen LogP contribution in [0.4, 0.5) is 4.39 Å². The number of amides is 1. The fourth-order valence-corrected chi connectivity index (χ4v) is 4.84. The Hall–Kier alpha value is -2.54. The Morgan fingerprint density at radius 3 is 2.69 bits per heavy atom. The van der Waals surface area contributed by atoms with Crippen molar-refractivity contribution in [2.24, 2.45) is 0 Å². The number of carboxylic acid groups (broad SMARTS) is 1. The van der Waals surface area contributed by atoms with E-state index in [4.69, 9.17) is 9.84 Å². The highest BCUT2D eigenvalue weighted by molar-refractivity contribution is 7.99. The van der Waals surface area contributed by atoms with Gasteiger partial charge in [0.2, 0.25) is 5.91 Å². The lowest BCUT2D eigenvalue weighted by molar-refractivity contribution is -0.137. The Bertz CT molecular complexity index is 907. The van der Waals surface area contributed by atoms with Crippen LogP contribution in [-0.4, -0.2) is 46.0 Å². The van der Waals surface area contributed by atoms with Gasteiger partial charge in [-0.2, -0.15) is 11.8 Å². The second-order valence-electron chi connectivity index (χ2n) is 7.99. The van der Waals surface area contributed by atoms with Gasteiger partial charge in [-0.25, -0.2) is 4.39 Å². The summed E-state index contributed by atoms with van der Waals surface area (Å²) in [5.74, 6) is 1.97. The third-order valence-corrected chi connectivity index (χ3v) is 6.59. The first-order valence-electron chi connectivity index (χ1n) is 11.1. The monoisotopic (exact) mass is 459 g/mol. The van der Waals surface area contributed by atoms with Crippen LogP contribution in [0.15, 0.2) is 48.5 Å². The van der Waals surface area contributed by atoms with E-state index in [1.165, 1.54) is 12.1 Å². The number of carboxylic acids is 1. The summed E-state index contributed by atoms with van der Waals surface area (Å²) < 4.78 is 19.1. The van der Waals surface area contributed by atoms with Crippen LogP contribution in [0.25, 0.3) is 0 Å². The molecule has 32 heavy (non-hydrogen) atoms. The second-order valence-corrected chi connectivity index (χ2v) is 9.21. The van der Waals surface area contributed by atoms with Gasteiger partial charge in [0.1, 0.15) is 17.3 Å². The van der Waals surface area contributed by atoms with Gasteiger partial charge in [-0.15, -0.1) is 0 Å². The maximum absolute atomic E-state index is 13.4. The van der Waals surface area contributed by atoms with Crippen molar-refractivity contribution in [3.63, 3.8) is 0 Å². The molecule has 1 aliphatic rings. The van der Waals surface area contributed by atoms with Crippen LogP contribution in [0, 0.1) is 5.82 Å². The van der Waals surface area contributed by atoms with Crippen molar-refractivity contribution in [3.8, 4) is 11.5 Å². The van der Waals surface area contributed by atoms with E-state index in [1.54, 1.807) is 23.9 Å². The summed E-state index contributed by atoms with van der Waals surface area (Å²) in [6.45, 7) is 0.734. The predicted molar refractivity (Wildman–Crippen MR) is 125 cm³/mol. The van der Waals surface area contributed by atoms with Crippen LogP contribution in [0.3, 0.4) is 0 Å². The van der Waals surface area contributed by atoms with E-state index in [2.05, 4.69) is 6.07 Å². The molecule has 2 aromatic carbocycles. The molecule has 7 heteroatoms. The number of rotatable bonds is 13. The Kier molecular flexibility index (Phi) is 9.41. The summed E-state index contributed by atoms with van der Waals surface area (Å²) in [4.78, 5) is 24.8. The maximum atomic E-state index is 13.4. The molecule has 1 heterocycles. The van der Waals surface area contributed by atoms with Gasteiger partial charge >= 0.3 is 5.97 Å². The number of benzene rings is 2. The fourth-order valence-electron chi connectivity index (χ4n) is 3.96. The molecule has 1 unspecified atom stereocenters.